The summed E-state index contributed by atoms with van der Waals surface area (Å²) in [5, 5.41) is 0.337. The molecule has 0 unspecified atom stereocenters. The number of benzene rings is 1. The summed E-state index contributed by atoms with van der Waals surface area (Å²) in [6.45, 7) is 0.0546. The maximum Gasteiger partial charge on any atom is 0.235 e. The first-order valence-electron chi connectivity index (χ1n) is 4.70. The van der Waals surface area contributed by atoms with Crippen LogP contribution in [0.2, 0.25) is 5.02 Å². The Bertz CT molecular complexity index is 455. The minimum Gasteiger partial charge on any atom is -0.495 e. The van der Waals surface area contributed by atoms with Gasteiger partial charge in [0.1, 0.15) is 5.75 Å². The van der Waals surface area contributed by atoms with E-state index in [1.807, 2.05) is 0 Å². The quantitative estimate of drug-likeness (QED) is 0.599. The van der Waals surface area contributed by atoms with Gasteiger partial charge >= 0.3 is 0 Å². The van der Waals surface area contributed by atoms with E-state index in [1.165, 1.54) is 27.4 Å². The van der Waals surface area contributed by atoms with Crippen LogP contribution in [-0.4, -0.2) is 27.4 Å². The standard InChI is InChI=1S/C11H12ClNO4/c1-15-8-4-9(16-2)11(17-3)7(10(8)12)5-13-6-14/h4H,5H2,1-3H3. The van der Waals surface area contributed by atoms with Crippen molar-refractivity contribution in [1.82, 2.24) is 0 Å². The molecule has 0 heterocycles. The van der Waals surface area contributed by atoms with Crippen LogP contribution in [0.5, 0.6) is 17.2 Å². The van der Waals surface area contributed by atoms with Gasteiger partial charge in [0.2, 0.25) is 6.08 Å². The predicted molar refractivity (Wildman–Crippen MR) is 62.9 cm³/mol. The van der Waals surface area contributed by atoms with Gasteiger partial charge in [-0.1, -0.05) is 11.6 Å². The number of rotatable bonds is 5. The number of isocyanates is 1. The molecule has 0 spiro atoms. The molecule has 1 aromatic carbocycles. The molecule has 17 heavy (non-hydrogen) atoms. The van der Waals surface area contributed by atoms with Gasteiger partial charge in [0.05, 0.1) is 32.9 Å². The lowest BCUT2D eigenvalue weighted by Crippen LogP contribution is -1.99. The van der Waals surface area contributed by atoms with Gasteiger partial charge in [-0.3, -0.25) is 0 Å². The number of carbonyl (C=O) groups excluding carboxylic acids is 1. The molecule has 0 atom stereocenters. The summed E-state index contributed by atoms with van der Waals surface area (Å²) in [6.07, 6.45) is 1.45. The van der Waals surface area contributed by atoms with Crippen molar-refractivity contribution in [3.05, 3.63) is 16.7 Å². The van der Waals surface area contributed by atoms with Crippen molar-refractivity contribution in [1.29, 1.82) is 0 Å². The van der Waals surface area contributed by atoms with Crippen LogP contribution < -0.4 is 14.2 Å². The van der Waals surface area contributed by atoms with Crippen LogP contribution in [0.15, 0.2) is 11.1 Å². The van der Waals surface area contributed by atoms with Gasteiger partial charge in [-0.05, 0) is 0 Å². The molecule has 0 aliphatic carbocycles. The largest absolute Gasteiger partial charge is 0.495 e. The number of nitrogens with zero attached hydrogens (tertiary/aromatic N) is 1. The highest BCUT2D eigenvalue weighted by Gasteiger charge is 2.18. The van der Waals surface area contributed by atoms with Crippen LogP contribution in [0.3, 0.4) is 0 Å². The summed E-state index contributed by atoms with van der Waals surface area (Å²) >= 11 is 6.11. The topological polar surface area (TPSA) is 57.1 Å². The maximum absolute atomic E-state index is 10.2. The van der Waals surface area contributed by atoms with Crippen LogP contribution in [0.4, 0.5) is 0 Å². The van der Waals surface area contributed by atoms with Crippen molar-refractivity contribution >= 4 is 17.7 Å². The Kier molecular flexibility index (Phi) is 4.82. The first-order chi connectivity index (χ1) is 8.19. The second kappa shape index (κ2) is 6.13. The van der Waals surface area contributed by atoms with E-state index >= 15 is 0 Å². The molecule has 6 heteroatoms. The third kappa shape index (κ3) is 2.70. The Morgan fingerprint density at radius 2 is 1.88 bits per heavy atom. The zero-order chi connectivity index (χ0) is 12.8. The van der Waals surface area contributed by atoms with E-state index in [0.717, 1.165) is 0 Å². The summed E-state index contributed by atoms with van der Waals surface area (Å²) in [5.41, 5.74) is 0.522. The summed E-state index contributed by atoms with van der Waals surface area (Å²) in [5.74, 6) is 1.32. The molecule has 0 amide bonds. The van der Waals surface area contributed by atoms with Gasteiger partial charge in [0.25, 0.3) is 0 Å². The van der Waals surface area contributed by atoms with Crippen LogP contribution >= 0.6 is 11.6 Å². The van der Waals surface area contributed by atoms with E-state index in [9.17, 15) is 4.79 Å². The zero-order valence-electron chi connectivity index (χ0n) is 9.74. The number of methoxy groups -OCH3 is 3. The van der Waals surface area contributed by atoms with Crippen molar-refractivity contribution in [2.24, 2.45) is 4.99 Å². The van der Waals surface area contributed by atoms with E-state index in [0.29, 0.717) is 27.8 Å². The Hall–Kier alpha value is -1.71. The Morgan fingerprint density at radius 1 is 1.24 bits per heavy atom. The van der Waals surface area contributed by atoms with Crippen LogP contribution in [0.25, 0.3) is 0 Å². The molecular formula is C11H12ClNO4. The summed E-state index contributed by atoms with van der Waals surface area (Å²) in [4.78, 5) is 13.6. The van der Waals surface area contributed by atoms with Crippen molar-refractivity contribution in [3.63, 3.8) is 0 Å². The molecule has 0 saturated carbocycles. The van der Waals surface area contributed by atoms with Crippen molar-refractivity contribution in [2.45, 2.75) is 6.54 Å². The molecule has 0 aromatic heterocycles. The molecule has 0 N–H and O–H groups in total. The predicted octanol–water partition coefficient (Wildman–Crippen LogP) is 2.20. The normalized spacial score (nSPS) is 9.41. The van der Waals surface area contributed by atoms with Gasteiger partial charge in [0, 0.05) is 11.6 Å². The molecule has 0 bridgehead atoms. The van der Waals surface area contributed by atoms with Crippen LogP contribution in [0.1, 0.15) is 5.56 Å². The molecule has 0 fully saturated rings. The fraction of sp³-hybridized carbons (Fsp3) is 0.364. The van der Waals surface area contributed by atoms with Crippen molar-refractivity contribution < 1.29 is 19.0 Å². The lowest BCUT2D eigenvalue weighted by molar-refractivity contribution is 0.345. The number of ether oxygens (including phenoxy) is 3. The molecule has 0 aliphatic rings. The van der Waals surface area contributed by atoms with Gasteiger partial charge in [-0.15, -0.1) is 0 Å². The molecule has 0 saturated heterocycles. The summed E-state index contributed by atoms with van der Waals surface area (Å²) < 4.78 is 15.4. The number of aliphatic imine (C=N–C) groups is 1. The van der Waals surface area contributed by atoms with Gasteiger partial charge in [-0.2, -0.15) is 0 Å². The third-order valence-corrected chi connectivity index (χ3v) is 2.60. The van der Waals surface area contributed by atoms with Crippen molar-refractivity contribution in [2.75, 3.05) is 21.3 Å². The van der Waals surface area contributed by atoms with Crippen molar-refractivity contribution in [3.8, 4) is 17.2 Å². The maximum atomic E-state index is 10.2. The fourth-order valence-corrected chi connectivity index (χ4v) is 1.70. The van der Waals surface area contributed by atoms with Gasteiger partial charge in [0.15, 0.2) is 11.5 Å². The fourth-order valence-electron chi connectivity index (χ4n) is 1.42. The zero-order valence-corrected chi connectivity index (χ0v) is 10.5. The molecule has 0 radical (unpaired) electrons. The van der Waals surface area contributed by atoms with E-state index in [-0.39, 0.29) is 6.54 Å². The van der Waals surface area contributed by atoms with Crippen LogP contribution in [-0.2, 0) is 11.3 Å². The minimum atomic E-state index is 0.0546. The van der Waals surface area contributed by atoms with Gasteiger partial charge in [-0.25, -0.2) is 9.79 Å². The molecular weight excluding hydrogens is 246 g/mol. The minimum absolute atomic E-state index is 0.0546. The lowest BCUT2D eigenvalue weighted by atomic mass is 10.1. The molecule has 1 rings (SSSR count). The number of hydrogen-bond acceptors (Lipinski definition) is 5. The SMILES string of the molecule is COc1cc(OC)c(OC)c(CN=C=O)c1Cl. The average molecular weight is 258 g/mol. The smallest absolute Gasteiger partial charge is 0.235 e. The molecule has 1 aromatic rings. The first kappa shape index (κ1) is 13.4. The number of hydrogen-bond donors (Lipinski definition) is 0. The van der Waals surface area contributed by atoms with E-state index in [2.05, 4.69) is 4.99 Å². The Labute approximate surface area is 104 Å². The summed E-state index contributed by atoms with van der Waals surface area (Å²) in [6, 6.07) is 1.61. The van der Waals surface area contributed by atoms with Gasteiger partial charge < -0.3 is 14.2 Å². The van der Waals surface area contributed by atoms with E-state index < -0.39 is 0 Å². The first-order valence-corrected chi connectivity index (χ1v) is 5.08. The van der Waals surface area contributed by atoms with E-state index in [4.69, 9.17) is 25.8 Å². The number of halogens is 1. The van der Waals surface area contributed by atoms with E-state index in [1.54, 1.807) is 6.07 Å². The lowest BCUT2D eigenvalue weighted by Gasteiger charge is -2.15. The second-order valence-electron chi connectivity index (χ2n) is 3.01. The van der Waals surface area contributed by atoms with Crippen LogP contribution in [0, 0.1) is 0 Å². The molecule has 92 valence electrons. The molecule has 5 nitrogen and oxygen atoms in total. The Balaban J connectivity index is 3.43. The highest BCUT2D eigenvalue weighted by molar-refractivity contribution is 6.33. The average Bonchev–Trinajstić information content (AvgIpc) is 2.36. The summed E-state index contributed by atoms with van der Waals surface area (Å²) in [7, 11) is 4.46. The highest BCUT2D eigenvalue weighted by Crippen LogP contribution is 2.42. The highest BCUT2D eigenvalue weighted by atomic mass is 35.5. The Morgan fingerprint density at radius 3 is 2.35 bits per heavy atom. The third-order valence-electron chi connectivity index (χ3n) is 2.19. The monoisotopic (exact) mass is 257 g/mol. The second-order valence-corrected chi connectivity index (χ2v) is 3.39. The molecule has 0 aliphatic heterocycles.